The molecule has 0 bridgehead atoms. The number of anilines is 1. The first-order chi connectivity index (χ1) is 7.45. The molecule has 0 radical (unpaired) electrons. The maximum Gasteiger partial charge on any atom is 0.471 e. The molecule has 0 saturated carbocycles. The van der Waals surface area contributed by atoms with Crippen LogP contribution in [0.25, 0.3) is 0 Å². The number of carbonyl (C=O) groups excluding carboxylic acids is 1. The maximum atomic E-state index is 12.0. The summed E-state index contributed by atoms with van der Waals surface area (Å²) < 4.78 is 36.1. The van der Waals surface area contributed by atoms with E-state index in [1.807, 2.05) is 12.2 Å². The summed E-state index contributed by atoms with van der Waals surface area (Å²) in [5.41, 5.74) is 0.191. The first-order valence-corrected chi connectivity index (χ1v) is 5.53. The van der Waals surface area contributed by atoms with Gasteiger partial charge in [-0.2, -0.15) is 13.2 Å². The Bertz CT molecular complexity index is 379. The molecule has 0 saturated heterocycles. The minimum Gasteiger partial charge on any atom is -0.317 e. The molecular formula is C10H10F3NOS. The highest BCUT2D eigenvalue weighted by molar-refractivity contribution is 7.99. The van der Waals surface area contributed by atoms with Gasteiger partial charge in [-0.3, -0.25) is 4.79 Å². The van der Waals surface area contributed by atoms with E-state index in [2.05, 4.69) is 0 Å². The number of hydrogen-bond donors (Lipinski definition) is 1. The topological polar surface area (TPSA) is 29.1 Å². The van der Waals surface area contributed by atoms with Gasteiger partial charge in [-0.1, -0.05) is 19.1 Å². The fourth-order valence-corrected chi connectivity index (χ4v) is 1.80. The summed E-state index contributed by atoms with van der Waals surface area (Å²) in [6, 6.07) is 6.40. The van der Waals surface area contributed by atoms with E-state index in [1.54, 1.807) is 18.2 Å². The van der Waals surface area contributed by atoms with Gasteiger partial charge in [-0.15, -0.1) is 11.8 Å². The lowest BCUT2D eigenvalue weighted by molar-refractivity contribution is -0.167. The molecule has 0 heterocycles. The van der Waals surface area contributed by atoms with Gasteiger partial charge in [0.15, 0.2) is 0 Å². The molecule has 2 nitrogen and oxygen atoms in total. The average Bonchev–Trinajstić information content (AvgIpc) is 2.20. The molecule has 0 atom stereocenters. The number of rotatable bonds is 3. The summed E-state index contributed by atoms with van der Waals surface area (Å²) in [4.78, 5) is 11.4. The third-order valence-corrected chi connectivity index (χ3v) is 2.65. The van der Waals surface area contributed by atoms with Crippen LogP contribution < -0.4 is 5.32 Å². The van der Waals surface area contributed by atoms with E-state index in [0.29, 0.717) is 4.90 Å². The Hall–Kier alpha value is -1.17. The highest BCUT2D eigenvalue weighted by Gasteiger charge is 2.38. The average molecular weight is 249 g/mol. The van der Waals surface area contributed by atoms with Crippen molar-refractivity contribution >= 4 is 23.4 Å². The van der Waals surface area contributed by atoms with E-state index in [-0.39, 0.29) is 5.69 Å². The zero-order valence-electron chi connectivity index (χ0n) is 8.47. The minimum atomic E-state index is -4.86. The number of benzene rings is 1. The number of para-hydroxylation sites is 1. The summed E-state index contributed by atoms with van der Waals surface area (Å²) >= 11 is 1.37. The summed E-state index contributed by atoms with van der Waals surface area (Å²) in [5.74, 6) is -1.23. The first kappa shape index (κ1) is 12.9. The number of amides is 1. The van der Waals surface area contributed by atoms with Gasteiger partial charge in [0, 0.05) is 4.90 Å². The van der Waals surface area contributed by atoms with Gasteiger partial charge in [0.2, 0.25) is 0 Å². The molecule has 1 amide bonds. The third-order valence-electron chi connectivity index (χ3n) is 1.69. The van der Waals surface area contributed by atoms with Crippen molar-refractivity contribution in [1.29, 1.82) is 0 Å². The number of alkyl halides is 3. The number of carbonyl (C=O) groups is 1. The molecule has 0 aliphatic heterocycles. The predicted octanol–water partition coefficient (Wildman–Crippen LogP) is 3.30. The molecule has 0 fully saturated rings. The van der Waals surface area contributed by atoms with Crippen LogP contribution in [0.15, 0.2) is 29.2 Å². The molecule has 1 N–H and O–H groups in total. The van der Waals surface area contributed by atoms with Crippen LogP contribution in [-0.2, 0) is 4.79 Å². The summed E-state index contributed by atoms with van der Waals surface area (Å²) in [6.45, 7) is 1.88. The van der Waals surface area contributed by atoms with E-state index < -0.39 is 12.1 Å². The largest absolute Gasteiger partial charge is 0.471 e. The highest BCUT2D eigenvalue weighted by Crippen LogP contribution is 2.28. The quantitative estimate of drug-likeness (QED) is 0.833. The molecule has 0 spiro atoms. The number of thioether (sulfide) groups is 1. The lowest BCUT2D eigenvalue weighted by atomic mass is 10.3. The molecule has 0 unspecified atom stereocenters. The van der Waals surface area contributed by atoms with E-state index >= 15 is 0 Å². The van der Waals surface area contributed by atoms with Gasteiger partial charge in [-0.05, 0) is 17.9 Å². The number of hydrogen-bond acceptors (Lipinski definition) is 2. The Labute approximate surface area is 95.2 Å². The zero-order valence-corrected chi connectivity index (χ0v) is 9.28. The lowest BCUT2D eigenvalue weighted by Gasteiger charge is -2.11. The Morgan fingerprint density at radius 3 is 2.56 bits per heavy atom. The SMILES string of the molecule is CCSc1ccccc1NC(=O)C(F)(F)F. The fraction of sp³-hybridized carbons (Fsp3) is 0.300. The highest BCUT2D eigenvalue weighted by atomic mass is 32.2. The predicted molar refractivity (Wildman–Crippen MR) is 57.5 cm³/mol. The Kier molecular flexibility index (Phi) is 4.23. The smallest absolute Gasteiger partial charge is 0.317 e. The second kappa shape index (κ2) is 5.25. The van der Waals surface area contributed by atoms with E-state index in [0.717, 1.165) is 5.75 Å². The lowest BCUT2D eigenvalue weighted by Crippen LogP contribution is -2.30. The normalized spacial score (nSPS) is 11.2. The minimum absolute atomic E-state index is 0.191. The molecule has 0 aromatic heterocycles. The van der Waals surface area contributed by atoms with Crippen LogP contribution in [-0.4, -0.2) is 17.8 Å². The van der Waals surface area contributed by atoms with Gasteiger partial charge in [0.25, 0.3) is 0 Å². The van der Waals surface area contributed by atoms with Crippen LogP contribution in [0.1, 0.15) is 6.92 Å². The number of nitrogens with one attached hydrogen (secondary N) is 1. The van der Waals surface area contributed by atoms with Crippen LogP contribution in [0.2, 0.25) is 0 Å². The molecular weight excluding hydrogens is 239 g/mol. The van der Waals surface area contributed by atoms with Crippen LogP contribution in [0.4, 0.5) is 18.9 Å². The molecule has 6 heteroatoms. The molecule has 1 aromatic rings. The maximum absolute atomic E-state index is 12.0. The van der Waals surface area contributed by atoms with Gasteiger partial charge in [0.05, 0.1) is 5.69 Å². The van der Waals surface area contributed by atoms with Gasteiger partial charge >= 0.3 is 12.1 Å². The summed E-state index contributed by atoms with van der Waals surface area (Å²) in [6.07, 6.45) is -4.86. The standard InChI is InChI=1S/C10H10F3NOS/c1-2-16-8-6-4-3-5-7(8)14-9(15)10(11,12)13/h3-6H,2H2,1H3,(H,14,15). The molecule has 1 rings (SSSR count). The Morgan fingerprint density at radius 2 is 2.00 bits per heavy atom. The second-order valence-electron chi connectivity index (χ2n) is 2.88. The van der Waals surface area contributed by atoms with E-state index in [4.69, 9.17) is 0 Å². The molecule has 16 heavy (non-hydrogen) atoms. The monoisotopic (exact) mass is 249 g/mol. The zero-order chi connectivity index (χ0) is 12.2. The fourth-order valence-electron chi connectivity index (χ4n) is 1.04. The van der Waals surface area contributed by atoms with Crippen molar-refractivity contribution < 1.29 is 18.0 Å². The summed E-state index contributed by atoms with van der Waals surface area (Å²) in [5, 5.41) is 1.85. The Balaban J connectivity index is 2.84. The van der Waals surface area contributed by atoms with Crippen molar-refractivity contribution in [3.05, 3.63) is 24.3 Å². The molecule has 1 aromatic carbocycles. The van der Waals surface area contributed by atoms with Crippen molar-refractivity contribution in [2.24, 2.45) is 0 Å². The van der Waals surface area contributed by atoms with Crippen LogP contribution in [0.5, 0.6) is 0 Å². The van der Waals surface area contributed by atoms with E-state index in [9.17, 15) is 18.0 Å². The van der Waals surface area contributed by atoms with Crippen molar-refractivity contribution in [2.75, 3.05) is 11.1 Å². The van der Waals surface area contributed by atoms with Crippen LogP contribution >= 0.6 is 11.8 Å². The number of halogens is 3. The van der Waals surface area contributed by atoms with Crippen molar-refractivity contribution in [3.63, 3.8) is 0 Å². The summed E-state index contributed by atoms with van der Waals surface area (Å²) in [7, 11) is 0. The third kappa shape index (κ3) is 3.44. The second-order valence-corrected chi connectivity index (χ2v) is 4.19. The van der Waals surface area contributed by atoms with Crippen molar-refractivity contribution in [2.45, 2.75) is 18.0 Å². The van der Waals surface area contributed by atoms with Crippen molar-refractivity contribution in [3.8, 4) is 0 Å². The molecule has 88 valence electrons. The van der Waals surface area contributed by atoms with Gasteiger partial charge in [-0.25, -0.2) is 0 Å². The van der Waals surface area contributed by atoms with Gasteiger partial charge < -0.3 is 5.32 Å². The van der Waals surface area contributed by atoms with Crippen LogP contribution in [0, 0.1) is 0 Å². The van der Waals surface area contributed by atoms with Crippen LogP contribution in [0.3, 0.4) is 0 Å². The van der Waals surface area contributed by atoms with Crippen molar-refractivity contribution in [1.82, 2.24) is 0 Å². The molecule has 0 aliphatic rings. The Morgan fingerprint density at radius 1 is 1.38 bits per heavy atom. The van der Waals surface area contributed by atoms with E-state index in [1.165, 1.54) is 17.8 Å². The molecule has 0 aliphatic carbocycles. The first-order valence-electron chi connectivity index (χ1n) is 4.55. The van der Waals surface area contributed by atoms with Gasteiger partial charge in [0.1, 0.15) is 0 Å².